The summed E-state index contributed by atoms with van der Waals surface area (Å²) in [7, 11) is 0. The SMILES string of the molecule is O=C(O)C1CCCCC1CNC1CCSC1. The zero-order valence-corrected chi connectivity index (χ0v) is 10.5. The van der Waals surface area contributed by atoms with Gasteiger partial charge in [-0.2, -0.15) is 11.8 Å². The Bertz CT molecular complexity index is 241. The maximum Gasteiger partial charge on any atom is 0.306 e. The van der Waals surface area contributed by atoms with Gasteiger partial charge in [0.1, 0.15) is 0 Å². The van der Waals surface area contributed by atoms with E-state index in [1.165, 1.54) is 24.3 Å². The second kappa shape index (κ2) is 5.92. The minimum Gasteiger partial charge on any atom is -0.481 e. The number of aliphatic carboxylic acids is 1. The van der Waals surface area contributed by atoms with Crippen LogP contribution in [0.15, 0.2) is 0 Å². The molecule has 92 valence electrons. The van der Waals surface area contributed by atoms with Gasteiger partial charge in [0, 0.05) is 11.8 Å². The predicted molar refractivity (Wildman–Crippen MR) is 66.8 cm³/mol. The molecule has 0 radical (unpaired) electrons. The van der Waals surface area contributed by atoms with Gasteiger partial charge in [0.25, 0.3) is 0 Å². The Kier molecular flexibility index (Phi) is 4.53. The summed E-state index contributed by atoms with van der Waals surface area (Å²) >= 11 is 2.00. The highest BCUT2D eigenvalue weighted by atomic mass is 32.2. The molecule has 0 bridgehead atoms. The van der Waals surface area contributed by atoms with Gasteiger partial charge in [-0.3, -0.25) is 4.79 Å². The van der Waals surface area contributed by atoms with E-state index in [0.717, 1.165) is 25.8 Å². The summed E-state index contributed by atoms with van der Waals surface area (Å²) in [5.41, 5.74) is 0. The summed E-state index contributed by atoms with van der Waals surface area (Å²) < 4.78 is 0. The molecule has 4 heteroatoms. The molecule has 2 aliphatic rings. The fourth-order valence-corrected chi connectivity index (χ4v) is 3.98. The summed E-state index contributed by atoms with van der Waals surface area (Å²) in [6, 6.07) is 0.626. The van der Waals surface area contributed by atoms with Crippen LogP contribution in [-0.4, -0.2) is 35.2 Å². The first-order valence-electron chi connectivity index (χ1n) is 6.31. The maximum absolute atomic E-state index is 11.1. The summed E-state index contributed by atoms with van der Waals surface area (Å²) in [6.45, 7) is 0.905. The Labute approximate surface area is 101 Å². The predicted octanol–water partition coefficient (Wildman–Crippen LogP) is 1.97. The number of carbonyl (C=O) groups is 1. The molecule has 1 saturated carbocycles. The Hall–Kier alpha value is -0.220. The fraction of sp³-hybridized carbons (Fsp3) is 0.917. The van der Waals surface area contributed by atoms with Crippen molar-refractivity contribution in [3.05, 3.63) is 0 Å². The number of hydrogen-bond donors (Lipinski definition) is 2. The van der Waals surface area contributed by atoms with Gasteiger partial charge in [-0.15, -0.1) is 0 Å². The molecule has 16 heavy (non-hydrogen) atoms. The molecular weight excluding hydrogens is 222 g/mol. The summed E-state index contributed by atoms with van der Waals surface area (Å²) in [5, 5.41) is 12.7. The first-order chi connectivity index (χ1) is 7.77. The summed E-state index contributed by atoms with van der Waals surface area (Å²) in [4.78, 5) is 11.1. The summed E-state index contributed by atoms with van der Waals surface area (Å²) in [6.07, 6.45) is 5.50. The third-order valence-corrected chi connectivity index (χ3v) is 4.99. The minimum atomic E-state index is -0.590. The van der Waals surface area contributed by atoms with Crippen LogP contribution in [0.5, 0.6) is 0 Å². The number of hydrogen-bond acceptors (Lipinski definition) is 3. The zero-order valence-electron chi connectivity index (χ0n) is 9.65. The van der Waals surface area contributed by atoms with Gasteiger partial charge in [-0.1, -0.05) is 12.8 Å². The second-order valence-electron chi connectivity index (χ2n) is 4.96. The first kappa shape index (κ1) is 12.2. The molecule has 1 aliphatic heterocycles. The van der Waals surface area contributed by atoms with Crippen molar-refractivity contribution in [3.8, 4) is 0 Å². The van der Waals surface area contributed by atoms with Crippen molar-refractivity contribution in [1.29, 1.82) is 0 Å². The molecule has 0 spiro atoms. The van der Waals surface area contributed by atoms with E-state index in [-0.39, 0.29) is 5.92 Å². The number of rotatable bonds is 4. The van der Waals surface area contributed by atoms with Crippen LogP contribution in [0.2, 0.25) is 0 Å². The third-order valence-electron chi connectivity index (χ3n) is 3.82. The van der Waals surface area contributed by atoms with E-state index in [2.05, 4.69) is 5.32 Å². The van der Waals surface area contributed by atoms with Crippen molar-refractivity contribution in [2.24, 2.45) is 11.8 Å². The zero-order chi connectivity index (χ0) is 11.4. The van der Waals surface area contributed by atoms with Gasteiger partial charge < -0.3 is 10.4 Å². The average molecular weight is 243 g/mol. The van der Waals surface area contributed by atoms with Crippen molar-refractivity contribution in [1.82, 2.24) is 5.32 Å². The van der Waals surface area contributed by atoms with Gasteiger partial charge in [0.2, 0.25) is 0 Å². The van der Waals surface area contributed by atoms with E-state index in [1.807, 2.05) is 11.8 Å². The van der Waals surface area contributed by atoms with E-state index in [9.17, 15) is 4.79 Å². The van der Waals surface area contributed by atoms with Crippen LogP contribution in [0, 0.1) is 11.8 Å². The minimum absolute atomic E-state index is 0.102. The quantitative estimate of drug-likeness (QED) is 0.792. The number of carboxylic acid groups (broad SMARTS) is 1. The molecule has 0 aromatic carbocycles. The van der Waals surface area contributed by atoms with Gasteiger partial charge >= 0.3 is 5.97 Å². The van der Waals surface area contributed by atoms with Gasteiger partial charge in [-0.05, 0) is 37.5 Å². The Balaban J connectivity index is 1.78. The second-order valence-corrected chi connectivity index (χ2v) is 6.11. The highest BCUT2D eigenvalue weighted by Gasteiger charge is 2.31. The molecule has 2 N–H and O–H groups in total. The maximum atomic E-state index is 11.1. The number of carboxylic acids is 1. The number of nitrogens with one attached hydrogen (secondary N) is 1. The molecule has 1 saturated heterocycles. The van der Waals surface area contributed by atoms with E-state index in [1.54, 1.807) is 0 Å². The lowest BCUT2D eigenvalue weighted by molar-refractivity contribution is -0.144. The Morgan fingerprint density at radius 1 is 1.31 bits per heavy atom. The van der Waals surface area contributed by atoms with Crippen molar-refractivity contribution in [3.63, 3.8) is 0 Å². The molecule has 0 amide bonds. The molecule has 3 nitrogen and oxygen atoms in total. The normalized spacial score (nSPS) is 35.1. The van der Waals surface area contributed by atoms with Crippen molar-refractivity contribution < 1.29 is 9.90 Å². The molecule has 1 heterocycles. The van der Waals surface area contributed by atoms with E-state index in [4.69, 9.17) is 5.11 Å². The molecule has 1 aliphatic carbocycles. The van der Waals surface area contributed by atoms with Crippen molar-refractivity contribution >= 4 is 17.7 Å². The van der Waals surface area contributed by atoms with Crippen LogP contribution < -0.4 is 5.32 Å². The molecule has 0 aromatic rings. The highest BCUT2D eigenvalue weighted by Crippen LogP contribution is 2.30. The van der Waals surface area contributed by atoms with Crippen LogP contribution in [0.3, 0.4) is 0 Å². The van der Waals surface area contributed by atoms with E-state index in [0.29, 0.717) is 12.0 Å². The van der Waals surface area contributed by atoms with Crippen LogP contribution in [-0.2, 0) is 4.79 Å². The molecule has 0 aromatic heterocycles. The molecular formula is C12H21NO2S. The van der Waals surface area contributed by atoms with Gasteiger partial charge in [-0.25, -0.2) is 0 Å². The lowest BCUT2D eigenvalue weighted by Gasteiger charge is -2.29. The van der Waals surface area contributed by atoms with Crippen molar-refractivity contribution in [2.45, 2.75) is 38.1 Å². The summed E-state index contributed by atoms with van der Waals surface area (Å²) in [5.74, 6) is 2.12. The van der Waals surface area contributed by atoms with Gasteiger partial charge in [0.05, 0.1) is 5.92 Å². The fourth-order valence-electron chi connectivity index (χ4n) is 2.79. The first-order valence-corrected chi connectivity index (χ1v) is 7.47. The monoisotopic (exact) mass is 243 g/mol. The van der Waals surface area contributed by atoms with E-state index >= 15 is 0 Å². The highest BCUT2D eigenvalue weighted by molar-refractivity contribution is 7.99. The largest absolute Gasteiger partial charge is 0.481 e. The average Bonchev–Trinajstić information content (AvgIpc) is 2.79. The lowest BCUT2D eigenvalue weighted by atomic mass is 9.79. The van der Waals surface area contributed by atoms with Crippen molar-refractivity contribution in [2.75, 3.05) is 18.1 Å². The lowest BCUT2D eigenvalue weighted by Crippen LogP contribution is -2.39. The number of thioether (sulfide) groups is 1. The molecule has 2 fully saturated rings. The Morgan fingerprint density at radius 3 is 2.81 bits per heavy atom. The molecule has 2 rings (SSSR count). The molecule has 3 atom stereocenters. The topological polar surface area (TPSA) is 49.3 Å². The van der Waals surface area contributed by atoms with E-state index < -0.39 is 5.97 Å². The Morgan fingerprint density at radius 2 is 2.12 bits per heavy atom. The van der Waals surface area contributed by atoms with Crippen LogP contribution in [0.4, 0.5) is 0 Å². The van der Waals surface area contributed by atoms with Crippen LogP contribution in [0.1, 0.15) is 32.1 Å². The standard InChI is InChI=1S/C12H21NO2S/c14-12(15)11-4-2-1-3-9(11)7-13-10-5-6-16-8-10/h9-11,13H,1-8H2,(H,14,15). The smallest absolute Gasteiger partial charge is 0.306 e. The van der Waals surface area contributed by atoms with Crippen LogP contribution in [0.25, 0.3) is 0 Å². The third kappa shape index (κ3) is 3.14. The van der Waals surface area contributed by atoms with Gasteiger partial charge in [0.15, 0.2) is 0 Å². The molecule has 3 unspecified atom stereocenters. The van der Waals surface area contributed by atoms with Crippen LogP contribution >= 0.6 is 11.8 Å².